The predicted molar refractivity (Wildman–Crippen MR) is 39.0 cm³/mol. The standard InChI is InChI=1S/2C2H5O4P.2Na/c2*3-7(4)5-1-2-6-7;;/h2*1-2H2,(H,3,4);;/q;;2*+1/p-2. The number of rotatable bonds is 0. The van der Waals surface area contributed by atoms with Crippen molar-refractivity contribution < 1.29 is 96.1 Å². The second kappa shape index (κ2) is 9.18. The van der Waals surface area contributed by atoms with E-state index in [1.807, 2.05) is 0 Å². The van der Waals surface area contributed by atoms with Gasteiger partial charge in [0.15, 0.2) is 0 Å². The molecule has 16 heavy (non-hydrogen) atoms. The average Bonchev–Trinajstić information content (AvgIpc) is 2.60. The zero-order valence-corrected chi connectivity index (χ0v) is 14.8. The molecule has 2 aliphatic rings. The fourth-order valence-corrected chi connectivity index (χ4v) is 2.01. The van der Waals surface area contributed by atoms with Crippen molar-refractivity contribution in [1.82, 2.24) is 0 Å². The Hall–Kier alpha value is 2.22. The molecule has 0 aliphatic carbocycles. The minimum absolute atomic E-state index is 0. The van der Waals surface area contributed by atoms with Crippen molar-refractivity contribution in [2.75, 3.05) is 26.4 Å². The Bertz CT molecular complexity index is 237. The van der Waals surface area contributed by atoms with Gasteiger partial charge in [-0.15, -0.1) is 0 Å². The van der Waals surface area contributed by atoms with E-state index in [0.717, 1.165) is 0 Å². The van der Waals surface area contributed by atoms with E-state index in [-0.39, 0.29) is 85.5 Å². The van der Waals surface area contributed by atoms with E-state index < -0.39 is 15.6 Å². The van der Waals surface area contributed by atoms with Gasteiger partial charge in [-0.2, -0.15) is 0 Å². The van der Waals surface area contributed by atoms with Gasteiger partial charge in [-0.25, -0.2) is 0 Å². The monoisotopic (exact) mass is 292 g/mol. The summed E-state index contributed by atoms with van der Waals surface area (Å²) in [4.78, 5) is 20.0. The summed E-state index contributed by atoms with van der Waals surface area (Å²) in [5, 5.41) is 0. The van der Waals surface area contributed by atoms with Gasteiger partial charge in [-0.3, -0.25) is 9.13 Å². The molecule has 2 heterocycles. The van der Waals surface area contributed by atoms with Gasteiger partial charge in [0.25, 0.3) is 15.6 Å². The van der Waals surface area contributed by atoms with Crippen molar-refractivity contribution in [3.05, 3.63) is 0 Å². The van der Waals surface area contributed by atoms with Gasteiger partial charge in [0.05, 0.1) is 26.4 Å². The first-order chi connectivity index (χ1) is 6.41. The van der Waals surface area contributed by atoms with Crippen LogP contribution in [0, 0.1) is 0 Å². The van der Waals surface area contributed by atoms with Gasteiger partial charge in [0, 0.05) is 0 Å². The Morgan fingerprint density at radius 3 is 0.938 bits per heavy atom. The van der Waals surface area contributed by atoms with E-state index >= 15 is 0 Å². The minimum atomic E-state index is -3.79. The molecule has 0 unspecified atom stereocenters. The second-order valence-corrected chi connectivity index (χ2v) is 5.05. The van der Waals surface area contributed by atoms with Gasteiger partial charge >= 0.3 is 59.1 Å². The van der Waals surface area contributed by atoms with Gasteiger partial charge in [-0.1, -0.05) is 0 Å². The van der Waals surface area contributed by atoms with Crippen LogP contribution < -0.4 is 68.9 Å². The van der Waals surface area contributed by atoms with E-state index in [0.29, 0.717) is 0 Å². The largest absolute Gasteiger partial charge is 1.00 e. The van der Waals surface area contributed by atoms with Crippen molar-refractivity contribution in [1.29, 1.82) is 0 Å². The van der Waals surface area contributed by atoms with Crippen LogP contribution in [-0.2, 0) is 27.2 Å². The van der Waals surface area contributed by atoms with Crippen LogP contribution in [0.25, 0.3) is 0 Å². The zero-order chi connectivity index (χ0) is 10.7. The molecule has 2 rings (SSSR count). The molecule has 0 spiro atoms. The third-order valence-corrected chi connectivity index (χ3v) is 3.16. The topological polar surface area (TPSA) is 117 Å². The maximum absolute atomic E-state index is 10.0. The molecule has 8 nitrogen and oxygen atoms in total. The molecule has 0 radical (unpaired) electrons. The van der Waals surface area contributed by atoms with E-state index in [9.17, 15) is 18.9 Å². The van der Waals surface area contributed by atoms with Crippen molar-refractivity contribution in [3.63, 3.8) is 0 Å². The smallest absolute Gasteiger partial charge is 0.756 e. The van der Waals surface area contributed by atoms with Gasteiger partial charge in [0.2, 0.25) is 0 Å². The molecule has 2 aliphatic heterocycles. The van der Waals surface area contributed by atoms with Crippen LogP contribution in [0.4, 0.5) is 0 Å². The molecule has 0 bridgehead atoms. The first-order valence-electron chi connectivity index (χ1n) is 3.62. The Labute approximate surface area is 137 Å². The third-order valence-electron chi connectivity index (χ3n) is 1.16. The quantitative estimate of drug-likeness (QED) is 0.319. The zero-order valence-electron chi connectivity index (χ0n) is 8.99. The predicted octanol–water partition coefficient (Wildman–Crippen LogP) is -6.99. The normalized spacial score (nSPS) is 24.6. The van der Waals surface area contributed by atoms with Crippen molar-refractivity contribution in [2.24, 2.45) is 0 Å². The second-order valence-electron chi connectivity index (χ2n) is 2.23. The Kier molecular flexibility index (Phi) is 11.8. The summed E-state index contributed by atoms with van der Waals surface area (Å²) in [6, 6.07) is 0. The SMILES string of the molecule is O=P1([O-])OCCO1.O=P1([O-])OCCO1.[Na+].[Na+]. The minimum Gasteiger partial charge on any atom is -0.756 e. The molecule has 2 saturated heterocycles. The van der Waals surface area contributed by atoms with Crippen LogP contribution in [0.3, 0.4) is 0 Å². The van der Waals surface area contributed by atoms with Crippen LogP contribution in [0.2, 0.25) is 0 Å². The van der Waals surface area contributed by atoms with E-state index in [4.69, 9.17) is 0 Å². The molecule has 0 N–H and O–H groups in total. The summed E-state index contributed by atoms with van der Waals surface area (Å²) in [7, 11) is -7.59. The van der Waals surface area contributed by atoms with Gasteiger partial charge in [0.1, 0.15) is 0 Å². The van der Waals surface area contributed by atoms with Crippen LogP contribution in [-0.4, -0.2) is 26.4 Å². The van der Waals surface area contributed by atoms with Crippen molar-refractivity contribution in [3.8, 4) is 0 Å². The molecular weight excluding hydrogens is 284 g/mol. The molecule has 0 saturated carbocycles. The Morgan fingerprint density at radius 1 is 0.688 bits per heavy atom. The summed E-state index contributed by atoms with van der Waals surface area (Å²) >= 11 is 0. The summed E-state index contributed by atoms with van der Waals surface area (Å²) in [6.45, 7) is 0.670. The molecule has 0 aromatic carbocycles. The fraction of sp³-hybridized carbons (Fsp3) is 1.00. The number of hydrogen-bond donors (Lipinski definition) is 0. The van der Waals surface area contributed by atoms with E-state index in [1.54, 1.807) is 0 Å². The summed E-state index contributed by atoms with van der Waals surface area (Å²) in [5.41, 5.74) is 0. The Morgan fingerprint density at radius 2 is 0.875 bits per heavy atom. The van der Waals surface area contributed by atoms with Crippen LogP contribution in [0.15, 0.2) is 0 Å². The molecular formula is C4H8Na2O8P2. The average molecular weight is 292 g/mol. The van der Waals surface area contributed by atoms with Crippen LogP contribution in [0.1, 0.15) is 0 Å². The molecule has 2 fully saturated rings. The van der Waals surface area contributed by atoms with E-state index in [2.05, 4.69) is 18.1 Å². The number of phosphoric acid groups is 2. The molecule has 0 aromatic rings. The van der Waals surface area contributed by atoms with Crippen LogP contribution in [0.5, 0.6) is 0 Å². The number of phosphoric ester groups is 2. The molecule has 0 aromatic heterocycles. The van der Waals surface area contributed by atoms with E-state index in [1.165, 1.54) is 0 Å². The Balaban J connectivity index is 0. The first kappa shape index (κ1) is 20.5. The van der Waals surface area contributed by atoms with Gasteiger partial charge < -0.3 is 27.9 Å². The van der Waals surface area contributed by atoms with Gasteiger partial charge in [-0.05, 0) is 0 Å². The third kappa shape index (κ3) is 9.19. The fourth-order valence-electron chi connectivity index (χ4n) is 0.671. The summed E-state index contributed by atoms with van der Waals surface area (Å²) < 4.78 is 36.5. The van der Waals surface area contributed by atoms with Crippen LogP contribution >= 0.6 is 15.6 Å². The van der Waals surface area contributed by atoms with Crippen molar-refractivity contribution >= 4 is 15.6 Å². The number of hydrogen-bond acceptors (Lipinski definition) is 8. The molecule has 0 amide bonds. The first-order valence-corrected chi connectivity index (χ1v) is 6.54. The molecule has 84 valence electrons. The maximum Gasteiger partial charge on any atom is 1.00 e. The maximum atomic E-state index is 10.0. The molecule has 0 atom stereocenters. The summed E-state index contributed by atoms with van der Waals surface area (Å²) in [6.07, 6.45) is 0. The van der Waals surface area contributed by atoms with Crippen molar-refractivity contribution in [2.45, 2.75) is 0 Å². The molecule has 12 heteroatoms. The summed E-state index contributed by atoms with van der Waals surface area (Å²) in [5.74, 6) is 0.